The van der Waals surface area contributed by atoms with E-state index in [2.05, 4.69) is 22.2 Å². The molecule has 0 N–H and O–H groups in total. The Morgan fingerprint density at radius 1 is 1.23 bits per heavy atom. The van der Waals surface area contributed by atoms with Crippen molar-refractivity contribution < 1.29 is 14.0 Å². The minimum absolute atomic E-state index is 0.258. The molecule has 3 aromatic rings. The van der Waals surface area contributed by atoms with E-state index in [1.807, 2.05) is 14.0 Å². The quantitative estimate of drug-likeness (QED) is 0.692. The number of hydrogen-bond acceptors (Lipinski definition) is 7. The van der Waals surface area contributed by atoms with E-state index in [1.165, 1.54) is 5.56 Å². The molecular weight excluding hydrogens is 334 g/mol. The Hall–Kier alpha value is -2.48. The van der Waals surface area contributed by atoms with E-state index in [-0.39, 0.29) is 5.92 Å². The molecule has 1 aliphatic heterocycles. The molecule has 0 aliphatic carbocycles. The lowest BCUT2D eigenvalue weighted by molar-refractivity contribution is 0.192. The van der Waals surface area contributed by atoms with Gasteiger partial charge in [0, 0.05) is 31.7 Å². The lowest BCUT2D eigenvalue weighted by Crippen LogP contribution is -2.03. The first-order valence-electron chi connectivity index (χ1n) is 8.85. The number of rotatable bonds is 5. The van der Waals surface area contributed by atoms with E-state index in [9.17, 15) is 0 Å². The zero-order chi connectivity index (χ0) is 18.3. The van der Waals surface area contributed by atoms with Gasteiger partial charge in [0.05, 0.1) is 19.1 Å². The summed E-state index contributed by atoms with van der Waals surface area (Å²) in [6.07, 6.45) is 2.41. The highest BCUT2D eigenvalue weighted by Gasteiger charge is 2.23. The number of methoxy groups -OCH3 is 1. The van der Waals surface area contributed by atoms with Crippen molar-refractivity contribution in [1.29, 1.82) is 0 Å². The molecule has 1 unspecified atom stereocenters. The summed E-state index contributed by atoms with van der Waals surface area (Å²) in [5.41, 5.74) is 4.14. The summed E-state index contributed by atoms with van der Waals surface area (Å²) < 4.78 is 18.0. The third-order valence-corrected chi connectivity index (χ3v) is 5.08. The molecule has 0 amide bonds. The minimum atomic E-state index is 0.258. The zero-order valence-electron chi connectivity index (χ0n) is 15.6. The van der Waals surface area contributed by atoms with Crippen LogP contribution in [-0.4, -0.2) is 45.2 Å². The summed E-state index contributed by atoms with van der Waals surface area (Å²) in [6, 6.07) is 0. The van der Waals surface area contributed by atoms with Crippen LogP contribution >= 0.6 is 0 Å². The molecule has 0 spiro atoms. The second kappa shape index (κ2) is 6.68. The summed E-state index contributed by atoms with van der Waals surface area (Å²) in [5.74, 6) is 2.28. The maximum atomic E-state index is 5.44. The highest BCUT2D eigenvalue weighted by atomic mass is 16.5. The predicted octanol–water partition coefficient (Wildman–Crippen LogP) is 2.27. The van der Waals surface area contributed by atoms with E-state index in [4.69, 9.17) is 19.0 Å². The normalized spacial score (nSPS) is 17.3. The zero-order valence-corrected chi connectivity index (χ0v) is 15.6. The van der Waals surface area contributed by atoms with Gasteiger partial charge in [0.15, 0.2) is 11.5 Å². The SMILES string of the molecule is COc1nn(C)c2nc(C)c(CCc3nc(C4CCOC4)no3)c(C)c12. The monoisotopic (exact) mass is 357 g/mol. The number of ether oxygens (including phenoxy) is 2. The fourth-order valence-electron chi connectivity index (χ4n) is 3.61. The fraction of sp³-hybridized carbons (Fsp3) is 0.556. The van der Waals surface area contributed by atoms with Crippen molar-refractivity contribution in [2.24, 2.45) is 7.05 Å². The Morgan fingerprint density at radius 3 is 2.81 bits per heavy atom. The van der Waals surface area contributed by atoms with Crippen molar-refractivity contribution in [2.75, 3.05) is 20.3 Å². The van der Waals surface area contributed by atoms with Crippen LogP contribution in [0, 0.1) is 13.8 Å². The molecule has 8 heteroatoms. The molecule has 0 aromatic carbocycles. The van der Waals surface area contributed by atoms with Gasteiger partial charge in [0.25, 0.3) is 0 Å². The van der Waals surface area contributed by atoms with Gasteiger partial charge in [-0.15, -0.1) is 5.10 Å². The van der Waals surface area contributed by atoms with Gasteiger partial charge in [-0.1, -0.05) is 5.16 Å². The molecule has 4 heterocycles. The average molecular weight is 357 g/mol. The van der Waals surface area contributed by atoms with Crippen molar-refractivity contribution >= 4 is 11.0 Å². The highest BCUT2D eigenvalue weighted by Crippen LogP contribution is 2.30. The second-order valence-corrected chi connectivity index (χ2v) is 6.74. The van der Waals surface area contributed by atoms with E-state index in [0.29, 0.717) is 24.8 Å². The Morgan fingerprint density at radius 2 is 2.08 bits per heavy atom. The predicted molar refractivity (Wildman–Crippen MR) is 94.4 cm³/mol. The molecule has 1 fully saturated rings. The first-order chi connectivity index (χ1) is 12.6. The fourth-order valence-corrected chi connectivity index (χ4v) is 3.61. The van der Waals surface area contributed by atoms with E-state index in [1.54, 1.807) is 11.8 Å². The average Bonchev–Trinajstić information content (AvgIpc) is 3.35. The van der Waals surface area contributed by atoms with E-state index < -0.39 is 0 Å². The Balaban J connectivity index is 1.59. The van der Waals surface area contributed by atoms with Gasteiger partial charge in [0.1, 0.15) is 0 Å². The van der Waals surface area contributed by atoms with Crippen LogP contribution in [0.15, 0.2) is 4.52 Å². The molecule has 4 rings (SSSR count). The van der Waals surface area contributed by atoms with Crippen LogP contribution in [0.4, 0.5) is 0 Å². The van der Waals surface area contributed by atoms with Crippen LogP contribution in [0.2, 0.25) is 0 Å². The molecule has 8 nitrogen and oxygen atoms in total. The number of nitrogens with zero attached hydrogens (tertiary/aromatic N) is 5. The van der Waals surface area contributed by atoms with Crippen molar-refractivity contribution in [1.82, 2.24) is 24.9 Å². The largest absolute Gasteiger partial charge is 0.479 e. The van der Waals surface area contributed by atoms with Crippen LogP contribution in [0.25, 0.3) is 11.0 Å². The molecule has 3 aromatic heterocycles. The lowest BCUT2D eigenvalue weighted by Gasteiger charge is -2.10. The molecule has 1 aliphatic rings. The maximum Gasteiger partial charge on any atom is 0.242 e. The van der Waals surface area contributed by atoms with Crippen LogP contribution < -0.4 is 4.74 Å². The van der Waals surface area contributed by atoms with Crippen LogP contribution in [0.3, 0.4) is 0 Å². The molecule has 0 radical (unpaired) electrons. The number of aryl methyl sites for hydroxylation is 4. The molecule has 0 bridgehead atoms. The number of fused-ring (bicyclic) bond motifs is 1. The Bertz CT molecular complexity index is 940. The second-order valence-electron chi connectivity index (χ2n) is 6.74. The van der Waals surface area contributed by atoms with Gasteiger partial charge in [0.2, 0.25) is 11.8 Å². The molecule has 0 saturated carbocycles. The van der Waals surface area contributed by atoms with Gasteiger partial charge in [-0.25, -0.2) is 9.67 Å². The van der Waals surface area contributed by atoms with Gasteiger partial charge in [-0.2, -0.15) is 4.98 Å². The molecular formula is C18H23N5O3. The third-order valence-electron chi connectivity index (χ3n) is 5.08. The molecule has 1 saturated heterocycles. The van der Waals surface area contributed by atoms with Gasteiger partial charge in [-0.3, -0.25) is 0 Å². The lowest BCUT2D eigenvalue weighted by atomic mass is 10.0. The van der Waals surface area contributed by atoms with E-state index in [0.717, 1.165) is 47.6 Å². The van der Waals surface area contributed by atoms with Crippen LogP contribution in [-0.2, 0) is 24.6 Å². The summed E-state index contributed by atoms with van der Waals surface area (Å²) in [6.45, 7) is 5.56. The van der Waals surface area contributed by atoms with Crippen molar-refractivity contribution in [3.63, 3.8) is 0 Å². The standard InChI is InChI=1S/C18H23N5O3/c1-10-13(11(2)19-17-15(10)18(24-4)21-23(17)3)5-6-14-20-16(22-26-14)12-7-8-25-9-12/h12H,5-9H2,1-4H3. The van der Waals surface area contributed by atoms with Crippen LogP contribution in [0.1, 0.15) is 40.9 Å². The topological polar surface area (TPSA) is 88.1 Å². The number of pyridine rings is 1. The van der Waals surface area contributed by atoms with E-state index >= 15 is 0 Å². The first kappa shape index (κ1) is 17.0. The first-order valence-corrected chi connectivity index (χ1v) is 8.85. The van der Waals surface area contributed by atoms with Crippen LogP contribution in [0.5, 0.6) is 5.88 Å². The summed E-state index contributed by atoms with van der Waals surface area (Å²) in [4.78, 5) is 9.27. The molecule has 26 heavy (non-hydrogen) atoms. The smallest absolute Gasteiger partial charge is 0.242 e. The highest BCUT2D eigenvalue weighted by molar-refractivity contribution is 5.86. The van der Waals surface area contributed by atoms with Gasteiger partial charge < -0.3 is 14.0 Å². The number of hydrogen-bond donors (Lipinski definition) is 0. The Kier molecular flexibility index (Phi) is 4.36. The minimum Gasteiger partial charge on any atom is -0.479 e. The van der Waals surface area contributed by atoms with Crippen molar-refractivity contribution in [3.8, 4) is 5.88 Å². The summed E-state index contributed by atoms with van der Waals surface area (Å²) >= 11 is 0. The van der Waals surface area contributed by atoms with Crippen molar-refractivity contribution in [3.05, 3.63) is 28.5 Å². The summed E-state index contributed by atoms with van der Waals surface area (Å²) in [5, 5.41) is 9.48. The Labute approximate surface area is 151 Å². The third kappa shape index (κ3) is 2.84. The molecule has 138 valence electrons. The van der Waals surface area contributed by atoms with Gasteiger partial charge >= 0.3 is 0 Å². The summed E-state index contributed by atoms with van der Waals surface area (Å²) in [7, 11) is 3.51. The number of aromatic nitrogens is 5. The van der Waals surface area contributed by atoms with Gasteiger partial charge in [-0.05, 0) is 37.8 Å². The maximum absolute atomic E-state index is 5.44. The molecule has 1 atom stereocenters. The van der Waals surface area contributed by atoms with Crippen molar-refractivity contribution in [2.45, 2.75) is 39.0 Å².